The molecule has 0 unspecified atom stereocenters. The zero-order valence-corrected chi connectivity index (χ0v) is 6.52. The van der Waals surface area contributed by atoms with Crippen molar-refractivity contribution in [2.75, 3.05) is 6.54 Å². The van der Waals surface area contributed by atoms with Gasteiger partial charge in [-0.2, -0.15) is 0 Å². The highest BCUT2D eigenvalue weighted by atomic mass is 14.9. The third-order valence-corrected chi connectivity index (χ3v) is 1.60. The second kappa shape index (κ2) is 3.42. The number of aromatic amines is 1. The molecule has 1 rings (SSSR count). The predicted molar refractivity (Wildman–Crippen MR) is 42.9 cm³/mol. The van der Waals surface area contributed by atoms with Gasteiger partial charge in [-0.3, -0.25) is 0 Å². The van der Waals surface area contributed by atoms with Gasteiger partial charge >= 0.3 is 0 Å². The van der Waals surface area contributed by atoms with Crippen LogP contribution in [0.3, 0.4) is 0 Å². The van der Waals surface area contributed by atoms with E-state index >= 15 is 0 Å². The van der Waals surface area contributed by atoms with E-state index in [1.54, 1.807) is 0 Å². The van der Waals surface area contributed by atoms with E-state index in [2.05, 4.69) is 30.2 Å². The lowest BCUT2D eigenvalue weighted by atomic mass is 10.2. The third-order valence-electron chi connectivity index (χ3n) is 1.60. The molecule has 1 aromatic heterocycles. The molecule has 2 nitrogen and oxygen atoms in total. The van der Waals surface area contributed by atoms with Crippen molar-refractivity contribution in [3.63, 3.8) is 0 Å². The average molecular weight is 138 g/mol. The lowest BCUT2D eigenvalue weighted by Gasteiger charge is -2.08. The number of H-pyrrole nitrogens is 1. The molecule has 10 heavy (non-hydrogen) atoms. The lowest BCUT2D eigenvalue weighted by molar-refractivity contribution is 0.586. The molecule has 0 aromatic carbocycles. The molecule has 0 saturated heterocycles. The van der Waals surface area contributed by atoms with Gasteiger partial charge in [-0.05, 0) is 25.6 Å². The highest BCUT2D eigenvalue weighted by Gasteiger charge is 2.01. The molecule has 2 N–H and O–H groups in total. The number of nitrogens with one attached hydrogen (secondary N) is 2. The summed E-state index contributed by atoms with van der Waals surface area (Å²) >= 11 is 0. The maximum Gasteiger partial charge on any atom is 0.0444 e. The van der Waals surface area contributed by atoms with Gasteiger partial charge in [0.25, 0.3) is 0 Å². The summed E-state index contributed by atoms with van der Waals surface area (Å²) < 4.78 is 0. The minimum absolute atomic E-state index is 0.444. The number of aromatic nitrogens is 1. The van der Waals surface area contributed by atoms with Crippen LogP contribution in [0.5, 0.6) is 0 Å². The Morgan fingerprint density at radius 2 is 2.50 bits per heavy atom. The van der Waals surface area contributed by atoms with E-state index in [0.29, 0.717) is 6.04 Å². The first-order chi connectivity index (χ1) is 4.84. The highest BCUT2D eigenvalue weighted by Crippen LogP contribution is 2.07. The van der Waals surface area contributed by atoms with Crippen molar-refractivity contribution in [1.82, 2.24) is 10.3 Å². The number of hydrogen-bond donors (Lipinski definition) is 2. The summed E-state index contributed by atoms with van der Waals surface area (Å²) in [4.78, 5) is 3.16. The fourth-order valence-electron chi connectivity index (χ4n) is 1.03. The van der Waals surface area contributed by atoms with Gasteiger partial charge < -0.3 is 10.3 Å². The zero-order chi connectivity index (χ0) is 7.40. The third kappa shape index (κ3) is 1.61. The molecular weight excluding hydrogens is 124 g/mol. The van der Waals surface area contributed by atoms with Crippen LogP contribution in [0.1, 0.15) is 25.6 Å². The molecular formula is C8H14N2. The van der Waals surface area contributed by atoms with Crippen molar-refractivity contribution in [1.29, 1.82) is 0 Å². The largest absolute Gasteiger partial charge is 0.364 e. The second-order valence-corrected chi connectivity index (χ2v) is 2.40. The van der Waals surface area contributed by atoms with Gasteiger partial charge in [0, 0.05) is 17.9 Å². The first kappa shape index (κ1) is 7.35. The van der Waals surface area contributed by atoms with Crippen molar-refractivity contribution >= 4 is 0 Å². The van der Waals surface area contributed by atoms with E-state index in [1.165, 1.54) is 5.69 Å². The average Bonchev–Trinajstić information content (AvgIpc) is 2.38. The van der Waals surface area contributed by atoms with Gasteiger partial charge in [0.1, 0.15) is 0 Å². The molecule has 56 valence electrons. The Hall–Kier alpha value is -0.760. The van der Waals surface area contributed by atoms with Crippen molar-refractivity contribution in [3.05, 3.63) is 24.0 Å². The molecule has 0 aliphatic carbocycles. The van der Waals surface area contributed by atoms with Gasteiger partial charge in [0.15, 0.2) is 0 Å². The molecule has 1 aromatic rings. The van der Waals surface area contributed by atoms with Crippen LogP contribution in [0.4, 0.5) is 0 Å². The van der Waals surface area contributed by atoms with Crippen LogP contribution in [-0.2, 0) is 0 Å². The SMILES string of the molecule is CCN[C@@H](C)c1ccc[nH]1. The Labute approximate surface area is 61.7 Å². The fourth-order valence-corrected chi connectivity index (χ4v) is 1.03. The van der Waals surface area contributed by atoms with Crippen LogP contribution in [0.2, 0.25) is 0 Å². The Kier molecular flexibility index (Phi) is 2.51. The summed E-state index contributed by atoms with van der Waals surface area (Å²) in [6, 6.07) is 4.55. The number of rotatable bonds is 3. The smallest absolute Gasteiger partial charge is 0.0444 e. The molecule has 0 saturated carbocycles. The lowest BCUT2D eigenvalue weighted by Crippen LogP contribution is -2.17. The Morgan fingerprint density at radius 3 is 3.00 bits per heavy atom. The van der Waals surface area contributed by atoms with E-state index in [-0.39, 0.29) is 0 Å². The molecule has 0 amide bonds. The van der Waals surface area contributed by atoms with Gasteiger partial charge in [-0.25, -0.2) is 0 Å². The first-order valence-electron chi connectivity index (χ1n) is 3.71. The standard InChI is InChI=1S/C8H14N2/c1-3-9-7(2)8-5-4-6-10-8/h4-7,9-10H,3H2,1-2H3/t7-/m0/s1. The summed E-state index contributed by atoms with van der Waals surface area (Å²) in [5, 5.41) is 3.32. The van der Waals surface area contributed by atoms with E-state index in [0.717, 1.165) is 6.54 Å². The van der Waals surface area contributed by atoms with E-state index < -0.39 is 0 Å². The van der Waals surface area contributed by atoms with Gasteiger partial charge in [-0.15, -0.1) is 0 Å². The molecule has 0 aliphatic rings. The fraction of sp³-hybridized carbons (Fsp3) is 0.500. The van der Waals surface area contributed by atoms with Crippen molar-refractivity contribution in [3.8, 4) is 0 Å². The minimum atomic E-state index is 0.444. The van der Waals surface area contributed by atoms with Gasteiger partial charge in [0.2, 0.25) is 0 Å². The van der Waals surface area contributed by atoms with E-state index in [1.807, 2.05) is 12.3 Å². The van der Waals surface area contributed by atoms with Crippen molar-refractivity contribution < 1.29 is 0 Å². The molecule has 1 atom stereocenters. The summed E-state index contributed by atoms with van der Waals surface area (Å²) in [6.45, 7) is 5.27. The van der Waals surface area contributed by atoms with Crippen LogP contribution in [0, 0.1) is 0 Å². The molecule has 0 aliphatic heterocycles. The monoisotopic (exact) mass is 138 g/mol. The molecule has 1 heterocycles. The second-order valence-electron chi connectivity index (χ2n) is 2.40. The van der Waals surface area contributed by atoms with E-state index in [4.69, 9.17) is 0 Å². The topological polar surface area (TPSA) is 27.8 Å². The predicted octanol–water partition coefficient (Wildman–Crippen LogP) is 1.69. The molecule has 2 heteroatoms. The van der Waals surface area contributed by atoms with Crippen LogP contribution in [0.15, 0.2) is 18.3 Å². The first-order valence-corrected chi connectivity index (χ1v) is 3.71. The normalized spacial score (nSPS) is 13.4. The summed E-state index contributed by atoms with van der Waals surface area (Å²) in [7, 11) is 0. The van der Waals surface area contributed by atoms with Crippen LogP contribution in [-0.4, -0.2) is 11.5 Å². The Morgan fingerprint density at radius 1 is 1.70 bits per heavy atom. The zero-order valence-electron chi connectivity index (χ0n) is 6.52. The quantitative estimate of drug-likeness (QED) is 0.653. The van der Waals surface area contributed by atoms with Crippen molar-refractivity contribution in [2.24, 2.45) is 0 Å². The molecule has 0 radical (unpaired) electrons. The maximum atomic E-state index is 3.32. The van der Waals surface area contributed by atoms with Crippen LogP contribution >= 0.6 is 0 Å². The Balaban J connectivity index is 2.50. The summed E-state index contributed by atoms with van der Waals surface area (Å²) in [5.41, 5.74) is 1.25. The summed E-state index contributed by atoms with van der Waals surface area (Å²) in [6.07, 6.45) is 1.95. The maximum absolute atomic E-state index is 3.32. The van der Waals surface area contributed by atoms with Gasteiger partial charge in [-0.1, -0.05) is 6.92 Å². The van der Waals surface area contributed by atoms with E-state index in [9.17, 15) is 0 Å². The molecule has 0 spiro atoms. The summed E-state index contributed by atoms with van der Waals surface area (Å²) in [5.74, 6) is 0. The number of hydrogen-bond acceptors (Lipinski definition) is 1. The Bertz CT molecular complexity index is 167. The molecule has 0 bridgehead atoms. The van der Waals surface area contributed by atoms with Crippen molar-refractivity contribution in [2.45, 2.75) is 19.9 Å². The molecule has 0 fully saturated rings. The minimum Gasteiger partial charge on any atom is -0.364 e. The van der Waals surface area contributed by atoms with Gasteiger partial charge in [0.05, 0.1) is 0 Å². The van der Waals surface area contributed by atoms with Crippen LogP contribution in [0.25, 0.3) is 0 Å². The van der Waals surface area contributed by atoms with Crippen LogP contribution < -0.4 is 5.32 Å². The highest BCUT2D eigenvalue weighted by molar-refractivity contribution is 5.07.